The maximum absolute atomic E-state index is 13.0. The van der Waals surface area contributed by atoms with E-state index in [0.717, 1.165) is 17.7 Å². The first-order chi connectivity index (χ1) is 13.0. The van der Waals surface area contributed by atoms with Crippen LogP contribution in [-0.2, 0) is 15.7 Å². The number of amides is 1. The van der Waals surface area contributed by atoms with Gasteiger partial charge in [0.1, 0.15) is 11.4 Å². The molecule has 154 valence electrons. The molecule has 8 heteroatoms. The second-order valence-corrected chi connectivity index (χ2v) is 7.96. The lowest BCUT2D eigenvalue weighted by molar-refractivity contribution is -0.137. The number of alkyl halides is 3. The van der Waals surface area contributed by atoms with Gasteiger partial charge >= 0.3 is 12.3 Å². The van der Waals surface area contributed by atoms with Crippen molar-refractivity contribution in [3.63, 3.8) is 0 Å². The summed E-state index contributed by atoms with van der Waals surface area (Å²) in [4.78, 5) is 14.3. The fraction of sp³-hybridized carbons (Fsp3) is 0.550. The predicted molar refractivity (Wildman–Crippen MR) is 97.1 cm³/mol. The zero-order valence-corrected chi connectivity index (χ0v) is 16.3. The van der Waals surface area contributed by atoms with E-state index in [4.69, 9.17) is 14.2 Å². The van der Waals surface area contributed by atoms with Gasteiger partial charge in [-0.2, -0.15) is 13.2 Å². The molecule has 1 aromatic rings. The van der Waals surface area contributed by atoms with Crippen LogP contribution in [0.3, 0.4) is 0 Å². The van der Waals surface area contributed by atoms with Gasteiger partial charge < -0.3 is 14.2 Å². The first-order valence-electron chi connectivity index (χ1n) is 9.05. The van der Waals surface area contributed by atoms with Crippen LogP contribution in [0.2, 0.25) is 0 Å². The lowest BCUT2D eigenvalue weighted by atomic mass is 9.89. The van der Waals surface area contributed by atoms with E-state index < -0.39 is 23.4 Å². The Morgan fingerprint density at radius 3 is 2.50 bits per heavy atom. The highest BCUT2D eigenvalue weighted by Gasteiger charge is 2.41. The number of morpholine rings is 1. The number of rotatable bonds is 2. The Morgan fingerprint density at radius 2 is 1.93 bits per heavy atom. The van der Waals surface area contributed by atoms with E-state index in [1.807, 2.05) is 6.08 Å². The number of methoxy groups -OCH3 is 1. The van der Waals surface area contributed by atoms with Gasteiger partial charge in [-0.3, -0.25) is 4.90 Å². The minimum Gasteiger partial charge on any atom is -0.496 e. The molecule has 5 nitrogen and oxygen atoms in total. The third-order valence-electron chi connectivity index (χ3n) is 4.68. The molecule has 2 unspecified atom stereocenters. The molecule has 0 spiro atoms. The van der Waals surface area contributed by atoms with Crippen molar-refractivity contribution < 1.29 is 32.2 Å². The minimum atomic E-state index is -4.44. The van der Waals surface area contributed by atoms with Crippen LogP contribution in [0.5, 0.6) is 5.75 Å². The van der Waals surface area contributed by atoms with Gasteiger partial charge in [0.2, 0.25) is 0 Å². The van der Waals surface area contributed by atoms with Crippen molar-refractivity contribution in [1.29, 1.82) is 0 Å². The van der Waals surface area contributed by atoms with Crippen molar-refractivity contribution in [2.75, 3.05) is 20.3 Å². The summed E-state index contributed by atoms with van der Waals surface area (Å²) in [6, 6.07) is 2.88. The zero-order chi connectivity index (χ0) is 20.7. The van der Waals surface area contributed by atoms with Crippen LogP contribution in [-0.4, -0.2) is 49.0 Å². The number of carbonyl (C=O) groups is 1. The van der Waals surface area contributed by atoms with Crippen LogP contribution in [0, 0.1) is 0 Å². The fourth-order valence-electron chi connectivity index (χ4n) is 3.53. The van der Waals surface area contributed by atoms with E-state index in [1.165, 1.54) is 13.2 Å². The zero-order valence-electron chi connectivity index (χ0n) is 16.3. The van der Waals surface area contributed by atoms with Crippen LogP contribution in [0.15, 0.2) is 24.3 Å². The second kappa shape index (κ2) is 7.31. The normalized spacial score (nSPS) is 22.5. The van der Waals surface area contributed by atoms with Gasteiger partial charge in [-0.15, -0.1) is 0 Å². The Balaban J connectivity index is 1.92. The first kappa shape index (κ1) is 20.5. The molecule has 2 aliphatic heterocycles. The molecule has 0 N–H and O–H groups in total. The van der Waals surface area contributed by atoms with Crippen molar-refractivity contribution in [3.8, 4) is 5.75 Å². The molecule has 0 saturated carbocycles. The molecule has 3 rings (SSSR count). The maximum atomic E-state index is 13.0. The number of hydrogen-bond donors (Lipinski definition) is 0. The predicted octanol–water partition coefficient (Wildman–Crippen LogP) is 4.51. The summed E-state index contributed by atoms with van der Waals surface area (Å²) in [6.07, 6.45) is -2.56. The van der Waals surface area contributed by atoms with Gasteiger partial charge in [-0.1, -0.05) is 12.1 Å². The second-order valence-electron chi connectivity index (χ2n) is 7.96. The molecule has 1 aromatic carbocycles. The SMILES string of the molecule is COc1cc(C(F)(F)F)ccc1C1=CC2COCC(C1)N2C(=O)OC(C)(C)C. The highest BCUT2D eigenvalue weighted by Crippen LogP contribution is 2.40. The maximum Gasteiger partial charge on any atom is 0.416 e. The van der Waals surface area contributed by atoms with Crippen molar-refractivity contribution in [3.05, 3.63) is 35.4 Å². The molecule has 0 radical (unpaired) electrons. The molecular formula is C20H24F3NO4. The molecule has 28 heavy (non-hydrogen) atoms. The third-order valence-corrected chi connectivity index (χ3v) is 4.68. The lowest BCUT2D eigenvalue weighted by Crippen LogP contribution is -2.57. The fourth-order valence-corrected chi connectivity index (χ4v) is 3.53. The van der Waals surface area contributed by atoms with Crippen molar-refractivity contribution in [2.45, 2.75) is 51.1 Å². The van der Waals surface area contributed by atoms with Gasteiger partial charge in [0, 0.05) is 5.56 Å². The molecule has 2 aliphatic rings. The largest absolute Gasteiger partial charge is 0.496 e. The van der Waals surface area contributed by atoms with Crippen LogP contribution in [0.1, 0.15) is 38.3 Å². The average molecular weight is 399 g/mol. The Hall–Kier alpha value is -2.22. The number of carbonyl (C=O) groups excluding carboxylic acids is 1. The third kappa shape index (κ3) is 4.27. The molecular weight excluding hydrogens is 375 g/mol. The lowest BCUT2D eigenvalue weighted by Gasteiger charge is -2.44. The minimum absolute atomic E-state index is 0.158. The van der Waals surface area contributed by atoms with Crippen LogP contribution < -0.4 is 4.74 Å². The smallest absolute Gasteiger partial charge is 0.416 e. The number of ether oxygens (including phenoxy) is 3. The van der Waals surface area contributed by atoms with Gasteiger partial charge in [0.05, 0.1) is 38.0 Å². The molecule has 1 fully saturated rings. The first-order valence-corrected chi connectivity index (χ1v) is 9.05. The summed E-state index contributed by atoms with van der Waals surface area (Å²) in [5.41, 5.74) is 0.0516. The van der Waals surface area contributed by atoms with Crippen LogP contribution in [0.25, 0.3) is 5.57 Å². The van der Waals surface area contributed by atoms with E-state index in [9.17, 15) is 18.0 Å². The van der Waals surface area contributed by atoms with Gasteiger partial charge in [-0.25, -0.2) is 4.79 Å². The highest BCUT2D eigenvalue weighted by atomic mass is 19.4. The summed E-state index contributed by atoms with van der Waals surface area (Å²) >= 11 is 0. The summed E-state index contributed by atoms with van der Waals surface area (Å²) in [6.45, 7) is 6.05. The molecule has 2 atom stereocenters. The molecule has 1 amide bonds. The summed E-state index contributed by atoms with van der Waals surface area (Å²) < 4.78 is 55.3. The topological polar surface area (TPSA) is 48.0 Å². The number of hydrogen-bond acceptors (Lipinski definition) is 4. The molecule has 1 saturated heterocycles. The van der Waals surface area contributed by atoms with Crippen LogP contribution in [0.4, 0.5) is 18.0 Å². The van der Waals surface area contributed by atoms with E-state index in [1.54, 1.807) is 25.7 Å². The molecule has 2 bridgehead atoms. The van der Waals surface area contributed by atoms with Crippen LogP contribution >= 0.6 is 0 Å². The molecule has 2 heterocycles. The number of fused-ring (bicyclic) bond motifs is 2. The monoisotopic (exact) mass is 399 g/mol. The van der Waals surface area contributed by atoms with Crippen molar-refractivity contribution in [2.24, 2.45) is 0 Å². The van der Waals surface area contributed by atoms with E-state index in [-0.39, 0.29) is 17.8 Å². The summed E-state index contributed by atoms with van der Waals surface area (Å²) in [5, 5.41) is 0. The van der Waals surface area contributed by atoms with Gasteiger partial charge in [0.25, 0.3) is 0 Å². The Kier molecular flexibility index (Phi) is 5.36. The van der Waals surface area contributed by atoms with E-state index in [0.29, 0.717) is 25.2 Å². The number of nitrogens with zero attached hydrogens (tertiary/aromatic N) is 1. The summed E-state index contributed by atoms with van der Waals surface area (Å²) in [7, 11) is 1.35. The number of halogens is 3. The van der Waals surface area contributed by atoms with E-state index >= 15 is 0 Å². The number of benzene rings is 1. The van der Waals surface area contributed by atoms with Gasteiger partial charge in [-0.05, 0) is 44.9 Å². The van der Waals surface area contributed by atoms with Crippen molar-refractivity contribution in [1.82, 2.24) is 4.90 Å². The van der Waals surface area contributed by atoms with Gasteiger partial charge in [0.15, 0.2) is 0 Å². The standard InChI is InChI=1S/C20H24F3NO4/c1-19(2,3)28-18(25)24-14-7-12(8-15(24)11-27-10-14)16-6-5-13(20(21,22)23)9-17(16)26-4/h5-7,9,14-15H,8,10-11H2,1-4H3. The van der Waals surface area contributed by atoms with Crippen molar-refractivity contribution >= 4 is 11.7 Å². The average Bonchev–Trinajstić information content (AvgIpc) is 2.57. The Labute approximate surface area is 162 Å². The quantitative estimate of drug-likeness (QED) is 0.735. The highest BCUT2D eigenvalue weighted by molar-refractivity contribution is 5.77. The Bertz CT molecular complexity index is 783. The summed E-state index contributed by atoms with van der Waals surface area (Å²) in [5.74, 6) is 0.158. The Morgan fingerprint density at radius 1 is 1.21 bits per heavy atom. The molecule has 0 aliphatic carbocycles. The van der Waals surface area contributed by atoms with E-state index in [2.05, 4.69) is 0 Å². The molecule has 0 aromatic heterocycles.